The lowest BCUT2D eigenvalue weighted by Gasteiger charge is -2.08. The quantitative estimate of drug-likeness (QED) is 0.910. The molecule has 0 bridgehead atoms. The van der Waals surface area contributed by atoms with Crippen molar-refractivity contribution in [3.63, 3.8) is 0 Å². The molecule has 0 unspecified atom stereocenters. The summed E-state index contributed by atoms with van der Waals surface area (Å²) < 4.78 is 2.94. The van der Waals surface area contributed by atoms with Crippen LogP contribution in [0.5, 0.6) is 0 Å². The fourth-order valence-corrected chi connectivity index (χ4v) is 2.87. The third kappa shape index (κ3) is 2.95. The molecule has 0 aliphatic rings. The molecule has 0 spiro atoms. The monoisotopic (exact) mass is 341 g/mol. The molecule has 1 heterocycles. The van der Waals surface area contributed by atoms with Crippen molar-refractivity contribution >= 4 is 33.2 Å². The van der Waals surface area contributed by atoms with Crippen molar-refractivity contribution in [3.8, 4) is 0 Å². The standard InChI is InChI=1S/C14H17BrClN3/c1-3-12-14(17)13(4-2)19(18-12)8-9-5-6-10(15)7-11(9)16/h5-7H,3-4,8,17H2,1-2H3. The molecule has 3 nitrogen and oxygen atoms in total. The van der Waals surface area contributed by atoms with E-state index in [0.717, 1.165) is 45.0 Å². The Kier molecular flexibility index (Phi) is 4.53. The molecule has 1 aromatic heterocycles. The van der Waals surface area contributed by atoms with Crippen molar-refractivity contribution in [2.75, 3.05) is 5.73 Å². The van der Waals surface area contributed by atoms with Gasteiger partial charge in [0.25, 0.3) is 0 Å². The van der Waals surface area contributed by atoms with E-state index in [4.69, 9.17) is 17.3 Å². The normalized spacial score (nSPS) is 10.9. The second kappa shape index (κ2) is 5.97. The van der Waals surface area contributed by atoms with E-state index in [9.17, 15) is 0 Å². The van der Waals surface area contributed by atoms with Gasteiger partial charge in [0.1, 0.15) is 0 Å². The number of aryl methyl sites for hydroxylation is 1. The minimum Gasteiger partial charge on any atom is -0.396 e. The Morgan fingerprint density at radius 2 is 2.05 bits per heavy atom. The summed E-state index contributed by atoms with van der Waals surface area (Å²) in [4.78, 5) is 0. The summed E-state index contributed by atoms with van der Waals surface area (Å²) in [5.74, 6) is 0. The second-order valence-corrected chi connectivity index (χ2v) is 5.73. The van der Waals surface area contributed by atoms with Crippen LogP contribution in [0.2, 0.25) is 5.02 Å². The van der Waals surface area contributed by atoms with Gasteiger partial charge in [0, 0.05) is 9.50 Å². The highest BCUT2D eigenvalue weighted by atomic mass is 79.9. The van der Waals surface area contributed by atoms with E-state index in [-0.39, 0.29) is 0 Å². The third-order valence-corrected chi connectivity index (χ3v) is 4.02. The van der Waals surface area contributed by atoms with E-state index >= 15 is 0 Å². The Bertz CT molecular complexity index is 593. The molecular formula is C14H17BrClN3. The van der Waals surface area contributed by atoms with E-state index in [2.05, 4.69) is 34.9 Å². The number of nitrogens with two attached hydrogens (primary N) is 1. The molecule has 0 saturated heterocycles. The zero-order valence-electron chi connectivity index (χ0n) is 11.1. The van der Waals surface area contributed by atoms with Crippen LogP contribution >= 0.6 is 27.5 Å². The average molecular weight is 343 g/mol. The topological polar surface area (TPSA) is 43.8 Å². The number of anilines is 1. The molecule has 0 atom stereocenters. The van der Waals surface area contributed by atoms with Crippen LogP contribution in [-0.2, 0) is 19.4 Å². The van der Waals surface area contributed by atoms with Gasteiger partial charge < -0.3 is 5.73 Å². The summed E-state index contributed by atoms with van der Waals surface area (Å²) in [6.45, 7) is 4.81. The predicted octanol–water partition coefficient (Wildman–Crippen LogP) is 4.05. The number of rotatable bonds is 4. The SMILES string of the molecule is CCc1nn(Cc2ccc(Br)cc2Cl)c(CC)c1N. The number of nitrogens with zero attached hydrogens (tertiary/aromatic N) is 2. The van der Waals surface area contributed by atoms with Gasteiger partial charge in [0.15, 0.2) is 0 Å². The Labute approximate surface area is 126 Å². The van der Waals surface area contributed by atoms with Crippen molar-refractivity contribution in [1.82, 2.24) is 9.78 Å². The Morgan fingerprint density at radius 1 is 1.32 bits per heavy atom. The van der Waals surface area contributed by atoms with Gasteiger partial charge in [-0.25, -0.2) is 0 Å². The van der Waals surface area contributed by atoms with Gasteiger partial charge in [-0.2, -0.15) is 5.10 Å². The fourth-order valence-electron chi connectivity index (χ4n) is 2.14. The first-order chi connectivity index (χ1) is 9.06. The molecule has 102 valence electrons. The maximum atomic E-state index is 6.25. The van der Waals surface area contributed by atoms with Crippen LogP contribution in [0.15, 0.2) is 22.7 Å². The van der Waals surface area contributed by atoms with Gasteiger partial charge in [0.2, 0.25) is 0 Å². The Morgan fingerprint density at radius 3 is 2.63 bits per heavy atom. The van der Waals surface area contributed by atoms with Crippen LogP contribution in [0.4, 0.5) is 5.69 Å². The van der Waals surface area contributed by atoms with Gasteiger partial charge in [-0.15, -0.1) is 0 Å². The van der Waals surface area contributed by atoms with Crippen molar-refractivity contribution in [3.05, 3.63) is 44.6 Å². The first-order valence-electron chi connectivity index (χ1n) is 6.34. The molecule has 0 saturated carbocycles. The molecule has 0 amide bonds. The maximum absolute atomic E-state index is 6.25. The number of hydrogen-bond donors (Lipinski definition) is 1. The molecule has 2 rings (SSSR count). The van der Waals surface area contributed by atoms with Crippen molar-refractivity contribution < 1.29 is 0 Å². The second-order valence-electron chi connectivity index (χ2n) is 4.41. The first kappa shape index (κ1) is 14.4. The number of hydrogen-bond acceptors (Lipinski definition) is 2. The molecule has 0 radical (unpaired) electrons. The molecular weight excluding hydrogens is 326 g/mol. The Hall–Kier alpha value is -1.00. The smallest absolute Gasteiger partial charge is 0.0854 e. The van der Waals surface area contributed by atoms with Gasteiger partial charge in [-0.1, -0.05) is 47.4 Å². The highest BCUT2D eigenvalue weighted by Gasteiger charge is 2.13. The van der Waals surface area contributed by atoms with Gasteiger partial charge in [-0.05, 0) is 30.5 Å². The summed E-state index contributed by atoms with van der Waals surface area (Å²) in [6.07, 6.45) is 1.72. The number of aromatic nitrogens is 2. The summed E-state index contributed by atoms with van der Waals surface area (Å²) >= 11 is 9.66. The largest absolute Gasteiger partial charge is 0.396 e. The predicted molar refractivity (Wildman–Crippen MR) is 83.6 cm³/mol. The summed E-state index contributed by atoms with van der Waals surface area (Å²) in [5.41, 5.74) is 10.0. The zero-order chi connectivity index (χ0) is 14.0. The molecule has 5 heteroatoms. The third-order valence-electron chi connectivity index (χ3n) is 3.18. The van der Waals surface area contributed by atoms with Gasteiger partial charge in [0.05, 0.1) is 23.6 Å². The first-order valence-corrected chi connectivity index (χ1v) is 7.51. The minimum absolute atomic E-state index is 0.652. The van der Waals surface area contributed by atoms with E-state index in [0.29, 0.717) is 6.54 Å². The lowest BCUT2D eigenvalue weighted by molar-refractivity contribution is 0.641. The summed E-state index contributed by atoms with van der Waals surface area (Å²) in [7, 11) is 0. The molecule has 19 heavy (non-hydrogen) atoms. The zero-order valence-corrected chi connectivity index (χ0v) is 13.4. The fraction of sp³-hybridized carbons (Fsp3) is 0.357. The van der Waals surface area contributed by atoms with Gasteiger partial charge >= 0.3 is 0 Å². The molecule has 2 N–H and O–H groups in total. The van der Waals surface area contributed by atoms with Crippen LogP contribution in [0.25, 0.3) is 0 Å². The van der Waals surface area contributed by atoms with E-state index in [1.165, 1.54) is 0 Å². The Balaban J connectivity index is 2.37. The van der Waals surface area contributed by atoms with E-state index < -0.39 is 0 Å². The molecule has 2 aromatic rings. The van der Waals surface area contributed by atoms with Crippen LogP contribution in [0, 0.1) is 0 Å². The minimum atomic E-state index is 0.652. The highest BCUT2D eigenvalue weighted by molar-refractivity contribution is 9.10. The molecule has 0 fully saturated rings. The molecule has 0 aliphatic heterocycles. The molecule has 1 aromatic carbocycles. The highest BCUT2D eigenvalue weighted by Crippen LogP contribution is 2.24. The number of benzene rings is 1. The summed E-state index contributed by atoms with van der Waals surface area (Å²) in [6, 6.07) is 5.89. The van der Waals surface area contributed by atoms with Crippen LogP contribution in [0.3, 0.4) is 0 Å². The number of halogens is 2. The average Bonchev–Trinajstić information content (AvgIpc) is 2.68. The maximum Gasteiger partial charge on any atom is 0.0854 e. The van der Waals surface area contributed by atoms with Crippen molar-refractivity contribution in [1.29, 1.82) is 0 Å². The summed E-state index contributed by atoms with van der Waals surface area (Å²) in [5, 5.41) is 5.32. The van der Waals surface area contributed by atoms with Crippen LogP contribution < -0.4 is 5.73 Å². The lowest BCUT2D eigenvalue weighted by Crippen LogP contribution is -2.07. The van der Waals surface area contributed by atoms with Crippen molar-refractivity contribution in [2.45, 2.75) is 33.2 Å². The number of nitrogen functional groups attached to an aromatic ring is 1. The molecule has 0 aliphatic carbocycles. The van der Waals surface area contributed by atoms with Crippen LogP contribution in [0.1, 0.15) is 30.8 Å². The van der Waals surface area contributed by atoms with E-state index in [1.807, 2.05) is 22.9 Å². The van der Waals surface area contributed by atoms with Crippen molar-refractivity contribution in [2.24, 2.45) is 0 Å². The lowest BCUT2D eigenvalue weighted by atomic mass is 10.2. The van der Waals surface area contributed by atoms with E-state index in [1.54, 1.807) is 0 Å². The van der Waals surface area contributed by atoms with Crippen LogP contribution in [-0.4, -0.2) is 9.78 Å². The van der Waals surface area contributed by atoms with Gasteiger partial charge in [-0.3, -0.25) is 4.68 Å².